The molecular weight excluding hydrogens is 262 g/mol. The van der Waals surface area contributed by atoms with Crippen molar-refractivity contribution in [3.8, 4) is 5.88 Å². The summed E-state index contributed by atoms with van der Waals surface area (Å²) in [6.07, 6.45) is 0.0192. The molecular formula is C13H19N3O4. The molecule has 0 aliphatic carbocycles. The van der Waals surface area contributed by atoms with Crippen LogP contribution in [0.4, 0.5) is 0 Å². The first-order valence-electron chi connectivity index (χ1n) is 6.52. The van der Waals surface area contributed by atoms with E-state index in [2.05, 4.69) is 5.10 Å². The second-order valence-electron chi connectivity index (χ2n) is 4.91. The number of nitrogens with zero attached hydrogens (tertiary/aromatic N) is 3. The molecule has 1 fully saturated rings. The predicted molar refractivity (Wildman–Crippen MR) is 70.4 cm³/mol. The summed E-state index contributed by atoms with van der Waals surface area (Å²) in [6.45, 7) is 4.10. The summed E-state index contributed by atoms with van der Waals surface area (Å²) in [5.74, 6) is -1.37. The zero-order chi connectivity index (χ0) is 15.0. The van der Waals surface area contributed by atoms with Crippen molar-refractivity contribution in [2.45, 2.75) is 26.3 Å². The van der Waals surface area contributed by atoms with Crippen molar-refractivity contribution in [1.29, 1.82) is 0 Å². The number of aliphatic carboxylic acids is 1. The minimum Gasteiger partial charge on any atom is -0.481 e. The lowest BCUT2D eigenvalue weighted by atomic mass is 9.93. The first-order chi connectivity index (χ1) is 9.42. The van der Waals surface area contributed by atoms with Crippen molar-refractivity contribution in [2.75, 3.05) is 13.7 Å². The number of amides is 1. The summed E-state index contributed by atoms with van der Waals surface area (Å²) in [5.41, 5.74) is 1.38. The van der Waals surface area contributed by atoms with Gasteiger partial charge in [-0.2, -0.15) is 5.10 Å². The Bertz CT molecular complexity index is 552. The van der Waals surface area contributed by atoms with E-state index in [9.17, 15) is 14.7 Å². The molecule has 0 radical (unpaired) electrons. The lowest BCUT2D eigenvalue weighted by molar-refractivity contribution is -0.142. The fourth-order valence-corrected chi connectivity index (χ4v) is 2.98. The van der Waals surface area contributed by atoms with Crippen LogP contribution in [0.15, 0.2) is 0 Å². The molecule has 110 valence electrons. The molecule has 0 spiro atoms. The average molecular weight is 281 g/mol. The second-order valence-corrected chi connectivity index (χ2v) is 4.91. The monoisotopic (exact) mass is 281 g/mol. The SMILES string of the molecule is CCN1C(=O)CC(C(=O)O)C1c1c(C)nn(C)c1OC. The van der Waals surface area contributed by atoms with Gasteiger partial charge < -0.3 is 14.7 Å². The van der Waals surface area contributed by atoms with Crippen LogP contribution in [-0.2, 0) is 16.6 Å². The maximum Gasteiger partial charge on any atom is 0.309 e. The van der Waals surface area contributed by atoms with Gasteiger partial charge in [0.2, 0.25) is 11.8 Å². The summed E-state index contributed by atoms with van der Waals surface area (Å²) < 4.78 is 6.90. The Labute approximate surface area is 117 Å². The van der Waals surface area contributed by atoms with Crippen molar-refractivity contribution in [1.82, 2.24) is 14.7 Å². The van der Waals surface area contributed by atoms with Gasteiger partial charge in [-0.1, -0.05) is 0 Å². The third-order valence-electron chi connectivity index (χ3n) is 3.79. The topological polar surface area (TPSA) is 84.7 Å². The van der Waals surface area contributed by atoms with E-state index in [0.717, 1.165) is 0 Å². The van der Waals surface area contributed by atoms with Crippen LogP contribution in [-0.4, -0.2) is 45.3 Å². The number of ether oxygens (including phenoxy) is 1. The molecule has 2 rings (SSSR count). The summed E-state index contributed by atoms with van der Waals surface area (Å²) in [7, 11) is 3.25. The highest BCUT2D eigenvalue weighted by molar-refractivity contribution is 5.87. The fraction of sp³-hybridized carbons (Fsp3) is 0.615. The number of carbonyl (C=O) groups is 2. The van der Waals surface area contributed by atoms with Crippen molar-refractivity contribution < 1.29 is 19.4 Å². The Kier molecular flexibility index (Phi) is 3.69. The predicted octanol–water partition coefficient (Wildman–Crippen LogP) is 0.731. The zero-order valence-electron chi connectivity index (χ0n) is 12.1. The molecule has 1 aromatic rings. The largest absolute Gasteiger partial charge is 0.481 e. The smallest absolute Gasteiger partial charge is 0.309 e. The second kappa shape index (κ2) is 5.15. The van der Waals surface area contributed by atoms with Crippen molar-refractivity contribution in [3.63, 3.8) is 0 Å². The van der Waals surface area contributed by atoms with Gasteiger partial charge in [-0.15, -0.1) is 0 Å². The molecule has 0 saturated carbocycles. The number of carboxylic acids is 1. The van der Waals surface area contributed by atoms with Crippen molar-refractivity contribution >= 4 is 11.9 Å². The molecule has 1 aliphatic heterocycles. The van der Waals surface area contributed by atoms with E-state index in [-0.39, 0.29) is 12.3 Å². The molecule has 2 atom stereocenters. The molecule has 1 aliphatic rings. The highest BCUT2D eigenvalue weighted by Gasteiger charge is 2.46. The maximum absolute atomic E-state index is 12.0. The standard InChI is InChI=1S/C13H19N3O4/c1-5-16-9(17)6-8(13(18)19)11(16)10-7(2)14-15(3)12(10)20-4/h8,11H,5-6H2,1-4H3,(H,18,19). The van der Waals surface area contributed by atoms with Crippen LogP contribution in [0.5, 0.6) is 5.88 Å². The molecule has 2 unspecified atom stereocenters. The van der Waals surface area contributed by atoms with Gasteiger partial charge in [0.25, 0.3) is 0 Å². The summed E-state index contributed by atoms with van der Waals surface area (Å²) in [6, 6.07) is -0.520. The Morgan fingerprint density at radius 2 is 2.20 bits per heavy atom. The highest BCUT2D eigenvalue weighted by atomic mass is 16.5. The number of likely N-dealkylation sites (tertiary alicyclic amines) is 1. The average Bonchev–Trinajstić information content (AvgIpc) is 2.85. The lowest BCUT2D eigenvalue weighted by Crippen LogP contribution is -2.31. The molecule has 0 aromatic carbocycles. The van der Waals surface area contributed by atoms with Crippen LogP contribution in [0.2, 0.25) is 0 Å². The quantitative estimate of drug-likeness (QED) is 0.879. The van der Waals surface area contributed by atoms with Gasteiger partial charge in [-0.25, -0.2) is 4.68 Å². The van der Waals surface area contributed by atoms with Crippen LogP contribution in [0.1, 0.15) is 30.6 Å². The number of carbonyl (C=O) groups excluding carboxylic acids is 1. The Balaban J connectivity index is 2.57. The Hall–Kier alpha value is -2.05. The van der Waals surface area contributed by atoms with Gasteiger partial charge in [-0.3, -0.25) is 9.59 Å². The minimum absolute atomic E-state index is 0.0192. The third kappa shape index (κ3) is 2.03. The molecule has 2 heterocycles. The number of aromatic nitrogens is 2. The van der Waals surface area contributed by atoms with Crippen LogP contribution < -0.4 is 4.74 Å². The molecule has 7 heteroatoms. The van der Waals surface area contributed by atoms with Crippen LogP contribution in [0, 0.1) is 12.8 Å². The van der Waals surface area contributed by atoms with E-state index in [1.807, 2.05) is 6.92 Å². The first-order valence-corrected chi connectivity index (χ1v) is 6.52. The number of rotatable bonds is 4. The van der Waals surface area contributed by atoms with E-state index in [1.165, 1.54) is 7.11 Å². The maximum atomic E-state index is 12.0. The van der Waals surface area contributed by atoms with Crippen LogP contribution in [0.3, 0.4) is 0 Å². The van der Waals surface area contributed by atoms with Gasteiger partial charge in [0.05, 0.1) is 30.3 Å². The van der Waals surface area contributed by atoms with E-state index in [4.69, 9.17) is 4.74 Å². The molecule has 20 heavy (non-hydrogen) atoms. The van der Waals surface area contributed by atoms with E-state index in [0.29, 0.717) is 23.7 Å². The van der Waals surface area contributed by atoms with Gasteiger partial charge in [0.1, 0.15) is 0 Å². The minimum atomic E-state index is -0.968. The van der Waals surface area contributed by atoms with E-state index >= 15 is 0 Å². The van der Waals surface area contributed by atoms with E-state index in [1.54, 1.807) is 23.6 Å². The van der Waals surface area contributed by atoms with Crippen LogP contribution >= 0.6 is 0 Å². The molecule has 7 nitrogen and oxygen atoms in total. The number of aryl methyl sites for hydroxylation is 2. The summed E-state index contributed by atoms with van der Waals surface area (Å²) >= 11 is 0. The Morgan fingerprint density at radius 3 is 2.70 bits per heavy atom. The lowest BCUT2D eigenvalue weighted by Gasteiger charge is -2.26. The number of hydrogen-bond acceptors (Lipinski definition) is 4. The summed E-state index contributed by atoms with van der Waals surface area (Å²) in [5, 5.41) is 13.7. The highest BCUT2D eigenvalue weighted by Crippen LogP contribution is 2.43. The molecule has 1 aromatic heterocycles. The number of carboxylic acid groups (broad SMARTS) is 1. The normalized spacial score (nSPS) is 22.4. The molecule has 1 saturated heterocycles. The number of methoxy groups -OCH3 is 1. The van der Waals surface area contributed by atoms with Gasteiger partial charge in [0, 0.05) is 20.0 Å². The van der Waals surface area contributed by atoms with Gasteiger partial charge in [-0.05, 0) is 13.8 Å². The Morgan fingerprint density at radius 1 is 1.55 bits per heavy atom. The van der Waals surface area contributed by atoms with Crippen molar-refractivity contribution in [2.24, 2.45) is 13.0 Å². The van der Waals surface area contributed by atoms with Gasteiger partial charge >= 0.3 is 5.97 Å². The molecule has 1 amide bonds. The first kappa shape index (κ1) is 14.4. The fourth-order valence-electron chi connectivity index (χ4n) is 2.98. The number of hydrogen-bond donors (Lipinski definition) is 1. The summed E-state index contributed by atoms with van der Waals surface area (Å²) in [4.78, 5) is 25.1. The third-order valence-corrected chi connectivity index (χ3v) is 3.79. The van der Waals surface area contributed by atoms with Gasteiger partial charge in [0.15, 0.2) is 0 Å². The molecule has 0 bridgehead atoms. The molecule has 1 N–H and O–H groups in total. The van der Waals surface area contributed by atoms with Crippen molar-refractivity contribution in [3.05, 3.63) is 11.3 Å². The zero-order valence-corrected chi connectivity index (χ0v) is 12.1. The van der Waals surface area contributed by atoms with Crippen LogP contribution in [0.25, 0.3) is 0 Å². The van der Waals surface area contributed by atoms with E-state index < -0.39 is 17.9 Å².